The van der Waals surface area contributed by atoms with Gasteiger partial charge in [0.2, 0.25) is 5.91 Å². The fourth-order valence-corrected chi connectivity index (χ4v) is 3.20. The number of ether oxygens (including phenoxy) is 1. The summed E-state index contributed by atoms with van der Waals surface area (Å²) in [5.41, 5.74) is 1.61. The number of carbonyl (C=O) groups is 2. The number of fused-ring (bicyclic) bond motifs is 1. The summed E-state index contributed by atoms with van der Waals surface area (Å²) in [6.45, 7) is 3.29. The maximum atomic E-state index is 13.4. The lowest BCUT2D eigenvalue weighted by Crippen LogP contribution is -2.41. The number of hydrogen-bond donors (Lipinski definition) is 1. The van der Waals surface area contributed by atoms with Gasteiger partial charge in [0.25, 0.3) is 0 Å². The second kappa shape index (κ2) is 7.03. The topological polar surface area (TPSA) is 62.4 Å². The van der Waals surface area contributed by atoms with Crippen LogP contribution in [0.25, 0.3) is 10.9 Å². The van der Waals surface area contributed by atoms with Crippen LogP contribution in [-0.4, -0.2) is 41.5 Å². The van der Waals surface area contributed by atoms with Gasteiger partial charge in [-0.15, -0.1) is 0 Å². The predicted octanol–water partition coefficient (Wildman–Crippen LogP) is 2.65. The molecular weight excluding hydrogens is 311 g/mol. The Labute approximate surface area is 139 Å². The zero-order valence-electron chi connectivity index (χ0n) is 13.7. The number of likely N-dealkylation sites (tertiary alicyclic amines) is 1. The highest BCUT2D eigenvalue weighted by atomic mass is 19.1. The number of nitrogens with zero attached hydrogens (tertiary/aromatic N) is 1. The number of aromatic nitrogens is 1. The highest BCUT2D eigenvalue weighted by Gasteiger charge is 2.28. The number of carbonyl (C=O) groups excluding carboxylic acids is 2. The van der Waals surface area contributed by atoms with Gasteiger partial charge >= 0.3 is 5.97 Å². The number of amides is 1. The fraction of sp³-hybridized carbons (Fsp3) is 0.444. The number of halogens is 1. The maximum absolute atomic E-state index is 13.4. The molecule has 1 saturated heterocycles. The van der Waals surface area contributed by atoms with Crippen molar-refractivity contribution in [1.82, 2.24) is 9.88 Å². The van der Waals surface area contributed by atoms with Crippen LogP contribution in [0.2, 0.25) is 0 Å². The zero-order chi connectivity index (χ0) is 17.1. The molecule has 1 N–H and O–H groups in total. The standard InChI is InChI=1S/C18H21FN2O3/c1-2-24-18(23)12-5-7-21(8-6-12)17(22)9-13-11-20-16-4-3-14(19)10-15(13)16/h3-4,10-12,20H,2,5-9H2,1H3. The van der Waals surface area contributed by atoms with Crippen molar-refractivity contribution in [2.45, 2.75) is 26.2 Å². The van der Waals surface area contributed by atoms with E-state index < -0.39 is 0 Å². The average molecular weight is 332 g/mol. The Morgan fingerprint density at radius 1 is 1.33 bits per heavy atom. The molecule has 0 bridgehead atoms. The quantitative estimate of drug-likeness (QED) is 0.876. The molecule has 3 rings (SSSR count). The largest absolute Gasteiger partial charge is 0.466 e. The number of hydrogen-bond acceptors (Lipinski definition) is 3. The van der Waals surface area contributed by atoms with Gasteiger partial charge in [-0.05, 0) is 43.5 Å². The van der Waals surface area contributed by atoms with Crippen LogP contribution in [0.5, 0.6) is 0 Å². The van der Waals surface area contributed by atoms with E-state index in [1.54, 1.807) is 24.1 Å². The molecule has 1 aliphatic rings. The van der Waals surface area contributed by atoms with E-state index in [0.717, 1.165) is 16.5 Å². The number of rotatable bonds is 4. The van der Waals surface area contributed by atoms with Crippen molar-refractivity contribution in [3.8, 4) is 0 Å². The van der Waals surface area contributed by atoms with E-state index in [9.17, 15) is 14.0 Å². The van der Waals surface area contributed by atoms with Crippen LogP contribution in [-0.2, 0) is 20.7 Å². The minimum absolute atomic E-state index is 0.00229. The van der Waals surface area contributed by atoms with Crippen molar-refractivity contribution in [2.24, 2.45) is 5.92 Å². The molecule has 1 aromatic heterocycles. The molecule has 6 heteroatoms. The minimum atomic E-state index is -0.314. The third-order valence-electron chi connectivity index (χ3n) is 4.54. The molecule has 0 unspecified atom stereocenters. The summed E-state index contributed by atoms with van der Waals surface area (Å²) >= 11 is 0. The average Bonchev–Trinajstić information content (AvgIpc) is 2.97. The van der Waals surface area contributed by atoms with E-state index in [1.807, 2.05) is 0 Å². The third-order valence-corrected chi connectivity index (χ3v) is 4.54. The van der Waals surface area contributed by atoms with Crippen LogP contribution < -0.4 is 0 Å². The Morgan fingerprint density at radius 3 is 2.79 bits per heavy atom. The lowest BCUT2D eigenvalue weighted by molar-refractivity contribution is -0.151. The maximum Gasteiger partial charge on any atom is 0.309 e. The lowest BCUT2D eigenvalue weighted by atomic mass is 9.96. The van der Waals surface area contributed by atoms with E-state index in [2.05, 4.69) is 4.98 Å². The normalized spacial score (nSPS) is 15.7. The Kier molecular flexibility index (Phi) is 4.83. The van der Waals surface area contributed by atoms with Crippen molar-refractivity contribution in [3.63, 3.8) is 0 Å². The SMILES string of the molecule is CCOC(=O)C1CCN(C(=O)Cc2c[nH]c3ccc(F)cc23)CC1. The van der Waals surface area contributed by atoms with Gasteiger partial charge in [0.1, 0.15) is 5.82 Å². The minimum Gasteiger partial charge on any atom is -0.466 e. The van der Waals surface area contributed by atoms with E-state index in [4.69, 9.17) is 4.74 Å². The molecular formula is C18H21FN2O3. The first-order valence-electron chi connectivity index (χ1n) is 8.28. The molecule has 0 spiro atoms. The molecule has 0 saturated carbocycles. The van der Waals surface area contributed by atoms with Gasteiger partial charge in [0.05, 0.1) is 18.9 Å². The first kappa shape index (κ1) is 16.5. The first-order chi connectivity index (χ1) is 11.6. The molecule has 1 aliphatic heterocycles. The van der Waals surface area contributed by atoms with Gasteiger partial charge in [0, 0.05) is 30.2 Å². The van der Waals surface area contributed by atoms with Crippen LogP contribution in [0.4, 0.5) is 4.39 Å². The fourth-order valence-electron chi connectivity index (χ4n) is 3.20. The number of nitrogens with one attached hydrogen (secondary N) is 1. The predicted molar refractivity (Wildman–Crippen MR) is 87.9 cm³/mol. The third kappa shape index (κ3) is 3.42. The molecule has 2 aromatic rings. The van der Waals surface area contributed by atoms with E-state index in [-0.39, 0.29) is 30.0 Å². The highest BCUT2D eigenvalue weighted by molar-refractivity contribution is 5.89. The van der Waals surface area contributed by atoms with Gasteiger partial charge in [-0.3, -0.25) is 9.59 Å². The van der Waals surface area contributed by atoms with Crippen molar-refractivity contribution < 1.29 is 18.7 Å². The Balaban J connectivity index is 1.61. The lowest BCUT2D eigenvalue weighted by Gasteiger charge is -2.31. The molecule has 24 heavy (non-hydrogen) atoms. The highest BCUT2D eigenvalue weighted by Crippen LogP contribution is 2.23. The summed E-state index contributed by atoms with van der Waals surface area (Å²) < 4.78 is 18.5. The molecule has 5 nitrogen and oxygen atoms in total. The van der Waals surface area contributed by atoms with Crippen LogP contribution in [0, 0.1) is 11.7 Å². The molecule has 1 amide bonds. The number of H-pyrrole nitrogens is 1. The smallest absolute Gasteiger partial charge is 0.309 e. The number of aromatic amines is 1. The number of piperidine rings is 1. The van der Waals surface area contributed by atoms with Gasteiger partial charge in [-0.2, -0.15) is 0 Å². The van der Waals surface area contributed by atoms with Crippen LogP contribution in [0.1, 0.15) is 25.3 Å². The zero-order valence-corrected chi connectivity index (χ0v) is 13.7. The molecule has 1 fully saturated rings. The molecule has 2 heterocycles. The van der Waals surface area contributed by atoms with Crippen molar-refractivity contribution >= 4 is 22.8 Å². The summed E-state index contributed by atoms with van der Waals surface area (Å²) in [6, 6.07) is 4.51. The van der Waals surface area contributed by atoms with Crippen molar-refractivity contribution in [2.75, 3.05) is 19.7 Å². The van der Waals surface area contributed by atoms with Gasteiger partial charge in [0.15, 0.2) is 0 Å². The summed E-state index contributed by atoms with van der Waals surface area (Å²) in [5, 5.41) is 0.741. The van der Waals surface area contributed by atoms with Crippen LogP contribution in [0.15, 0.2) is 24.4 Å². The Bertz CT molecular complexity index is 748. The molecule has 1 aromatic carbocycles. The van der Waals surface area contributed by atoms with E-state index in [0.29, 0.717) is 32.5 Å². The molecule has 0 aliphatic carbocycles. The molecule has 0 radical (unpaired) electrons. The first-order valence-corrected chi connectivity index (χ1v) is 8.28. The van der Waals surface area contributed by atoms with Gasteiger partial charge < -0.3 is 14.6 Å². The summed E-state index contributed by atoms with van der Waals surface area (Å²) in [6.07, 6.45) is 3.25. The Morgan fingerprint density at radius 2 is 2.08 bits per heavy atom. The second-order valence-corrected chi connectivity index (χ2v) is 6.09. The van der Waals surface area contributed by atoms with Crippen molar-refractivity contribution in [1.29, 1.82) is 0 Å². The van der Waals surface area contributed by atoms with E-state index >= 15 is 0 Å². The summed E-state index contributed by atoms with van der Waals surface area (Å²) in [7, 11) is 0. The number of benzene rings is 1. The van der Waals surface area contributed by atoms with Crippen LogP contribution >= 0.6 is 0 Å². The van der Waals surface area contributed by atoms with E-state index in [1.165, 1.54) is 12.1 Å². The second-order valence-electron chi connectivity index (χ2n) is 6.09. The molecule has 0 atom stereocenters. The van der Waals surface area contributed by atoms with Gasteiger partial charge in [-0.25, -0.2) is 4.39 Å². The van der Waals surface area contributed by atoms with Crippen molar-refractivity contribution in [3.05, 3.63) is 35.8 Å². The Hall–Kier alpha value is -2.37. The monoisotopic (exact) mass is 332 g/mol. The number of esters is 1. The van der Waals surface area contributed by atoms with Crippen LogP contribution in [0.3, 0.4) is 0 Å². The summed E-state index contributed by atoms with van der Waals surface area (Å²) in [5.74, 6) is -0.596. The summed E-state index contributed by atoms with van der Waals surface area (Å²) in [4.78, 5) is 29.1. The van der Waals surface area contributed by atoms with Gasteiger partial charge in [-0.1, -0.05) is 0 Å². The molecule has 128 valence electrons.